The summed E-state index contributed by atoms with van der Waals surface area (Å²) in [6.45, 7) is 2.14. The number of carbonyl (C=O) groups is 1. The first-order chi connectivity index (χ1) is 14.2. The first kappa shape index (κ1) is 19.6. The number of benzene rings is 3. The molecular formula is C24H19NO2S2. The first-order valence-electron chi connectivity index (χ1n) is 9.30. The Morgan fingerprint density at radius 3 is 2.17 bits per heavy atom. The van der Waals surface area contributed by atoms with Gasteiger partial charge in [-0.3, -0.25) is 4.98 Å². The van der Waals surface area contributed by atoms with Crippen LogP contribution >= 0.6 is 23.5 Å². The zero-order chi connectivity index (χ0) is 20.1. The second-order valence-corrected chi connectivity index (χ2v) is 8.46. The number of hydrogen-bond acceptors (Lipinski definition) is 5. The highest BCUT2D eigenvalue weighted by atomic mass is 32.2. The Morgan fingerprint density at radius 1 is 0.862 bits per heavy atom. The normalized spacial score (nSPS) is 10.8. The van der Waals surface area contributed by atoms with Crippen molar-refractivity contribution in [3.63, 3.8) is 0 Å². The molecule has 0 saturated carbocycles. The second kappa shape index (κ2) is 9.16. The number of aromatic nitrogens is 1. The van der Waals surface area contributed by atoms with Crippen LogP contribution in [0.25, 0.3) is 10.9 Å². The third kappa shape index (κ3) is 4.63. The molecule has 1 heterocycles. The van der Waals surface area contributed by atoms with Crippen LogP contribution in [0.4, 0.5) is 0 Å². The van der Waals surface area contributed by atoms with Gasteiger partial charge in [0.25, 0.3) is 0 Å². The molecule has 0 spiro atoms. The largest absolute Gasteiger partial charge is 0.462 e. The zero-order valence-electron chi connectivity index (χ0n) is 15.9. The average Bonchev–Trinajstić information content (AvgIpc) is 2.75. The van der Waals surface area contributed by atoms with E-state index in [2.05, 4.69) is 29.2 Å². The Bertz CT molecular complexity index is 1130. The summed E-state index contributed by atoms with van der Waals surface area (Å²) in [6.07, 6.45) is 1.63. The summed E-state index contributed by atoms with van der Waals surface area (Å²) in [5.41, 5.74) is 1.36. The number of nitrogens with zero attached hydrogens (tertiary/aromatic N) is 1. The van der Waals surface area contributed by atoms with E-state index >= 15 is 0 Å². The van der Waals surface area contributed by atoms with Crippen LogP contribution in [0.15, 0.2) is 105 Å². The monoisotopic (exact) mass is 417 g/mol. The minimum Gasteiger partial charge on any atom is -0.462 e. The quantitative estimate of drug-likeness (QED) is 0.326. The van der Waals surface area contributed by atoms with Crippen LogP contribution in [0, 0.1) is 0 Å². The van der Waals surface area contributed by atoms with E-state index in [1.165, 1.54) is 4.90 Å². The summed E-state index contributed by atoms with van der Waals surface area (Å²) in [5.74, 6) is -0.344. The molecule has 4 rings (SSSR count). The minimum atomic E-state index is -0.344. The van der Waals surface area contributed by atoms with Gasteiger partial charge in [0, 0.05) is 31.2 Å². The number of ether oxygens (including phenoxy) is 1. The van der Waals surface area contributed by atoms with Crippen molar-refractivity contribution in [1.29, 1.82) is 0 Å². The van der Waals surface area contributed by atoms with Gasteiger partial charge in [-0.15, -0.1) is 0 Å². The van der Waals surface area contributed by atoms with Crippen LogP contribution in [0.5, 0.6) is 0 Å². The predicted octanol–water partition coefficient (Wildman–Crippen LogP) is 6.71. The van der Waals surface area contributed by atoms with Crippen molar-refractivity contribution >= 4 is 40.4 Å². The predicted molar refractivity (Wildman–Crippen MR) is 119 cm³/mol. The average molecular weight is 418 g/mol. The van der Waals surface area contributed by atoms with E-state index in [0.29, 0.717) is 12.2 Å². The molecule has 0 saturated heterocycles. The van der Waals surface area contributed by atoms with Crippen molar-refractivity contribution in [2.24, 2.45) is 0 Å². The summed E-state index contributed by atoms with van der Waals surface area (Å²) in [7, 11) is 0. The first-order valence-corrected chi connectivity index (χ1v) is 10.9. The van der Waals surface area contributed by atoms with E-state index in [-0.39, 0.29) is 5.97 Å². The molecule has 29 heavy (non-hydrogen) atoms. The Kier molecular flexibility index (Phi) is 6.17. The number of carbonyl (C=O) groups excluding carboxylic acids is 1. The number of pyridine rings is 1. The fourth-order valence-corrected chi connectivity index (χ4v) is 4.84. The Hall–Kier alpha value is -2.76. The van der Waals surface area contributed by atoms with Gasteiger partial charge in [-0.2, -0.15) is 0 Å². The molecule has 3 nitrogen and oxygen atoms in total. The van der Waals surface area contributed by atoms with Crippen LogP contribution in [0.3, 0.4) is 0 Å². The smallest absolute Gasteiger partial charge is 0.340 e. The van der Waals surface area contributed by atoms with Gasteiger partial charge in [-0.25, -0.2) is 4.79 Å². The molecule has 0 radical (unpaired) electrons. The van der Waals surface area contributed by atoms with Crippen molar-refractivity contribution in [1.82, 2.24) is 4.98 Å². The van der Waals surface area contributed by atoms with Crippen LogP contribution in [-0.2, 0) is 4.74 Å². The van der Waals surface area contributed by atoms with Gasteiger partial charge in [-0.05, 0) is 43.3 Å². The SMILES string of the molecule is CCOC(=O)c1cnc2cc(Sc3ccccc3)ccc2c1Sc1ccccc1. The highest BCUT2D eigenvalue weighted by molar-refractivity contribution is 7.99. The van der Waals surface area contributed by atoms with E-state index in [0.717, 1.165) is 25.6 Å². The van der Waals surface area contributed by atoms with Gasteiger partial charge in [0.05, 0.1) is 17.7 Å². The molecule has 5 heteroatoms. The summed E-state index contributed by atoms with van der Waals surface area (Å²) in [6, 6.07) is 26.5. The van der Waals surface area contributed by atoms with Crippen molar-refractivity contribution in [3.05, 3.63) is 90.6 Å². The highest BCUT2D eigenvalue weighted by Crippen LogP contribution is 2.38. The standard InChI is InChI=1S/C24H19NO2S2/c1-2-27-24(26)21-16-25-22-15-19(28-17-9-5-3-6-10-17)13-14-20(22)23(21)29-18-11-7-4-8-12-18/h3-16H,2H2,1H3. The highest BCUT2D eigenvalue weighted by Gasteiger charge is 2.18. The van der Waals surface area contributed by atoms with Crippen LogP contribution in [0.1, 0.15) is 17.3 Å². The number of rotatable bonds is 6. The molecule has 1 aromatic heterocycles. The molecule has 0 aliphatic rings. The summed E-state index contributed by atoms with van der Waals surface area (Å²) in [5, 5.41) is 0.946. The molecule has 0 aliphatic heterocycles. The molecule has 0 aliphatic carbocycles. The third-order valence-corrected chi connectivity index (χ3v) is 6.38. The fourth-order valence-electron chi connectivity index (χ4n) is 2.91. The van der Waals surface area contributed by atoms with Gasteiger partial charge in [-0.1, -0.05) is 66.0 Å². The zero-order valence-corrected chi connectivity index (χ0v) is 17.5. The maximum Gasteiger partial charge on any atom is 0.340 e. The third-order valence-electron chi connectivity index (χ3n) is 4.23. The van der Waals surface area contributed by atoms with Crippen LogP contribution in [-0.4, -0.2) is 17.6 Å². The lowest BCUT2D eigenvalue weighted by Gasteiger charge is -2.12. The molecule has 3 aromatic carbocycles. The lowest BCUT2D eigenvalue weighted by Crippen LogP contribution is -2.07. The second-order valence-electron chi connectivity index (χ2n) is 6.23. The lowest BCUT2D eigenvalue weighted by molar-refractivity contribution is 0.0522. The molecule has 0 N–H and O–H groups in total. The Labute approximate surface area is 178 Å². The minimum absolute atomic E-state index is 0.332. The van der Waals surface area contributed by atoms with Gasteiger partial charge in [0.1, 0.15) is 0 Å². The fraction of sp³-hybridized carbons (Fsp3) is 0.0833. The molecule has 0 atom stereocenters. The summed E-state index contributed by atoms with van der Waals surface area (Å²) < 4.78 is 5.26. The lowest BCUT2D eigenvalue weighted by atomic mass is 10.1. The van der Waals surface area contributed by atoms with Crippen molar-refractivity contribution in [2.75, 3.05) is 6.61 Å². The van der Waals surface area contributed by atoms with Gasteiger partial charge in [0.2, 0.25) is 0 Å². The van der Waals surface area contributed by atoms with E-state index in [1.54, 1.807) is 29.7 Å². The van der Waals surface area contributed by atoms with E-state index in [1.807, 2.05) is 61.5 Å². The molecule has 0 bridgehead atoms. The molecule has 4 aromatic rings. The van der Waals surface area contributed by atoms with E-state index in [9.17, 15) is 4.79 Å². The maximum absolute atomic E-state index is 12.5. The van der Waals surface area contributed by atoms with Gasteiger partial charge in [0.15, 0.2) is 0 Å². The van der Waals surface area contributed by atoms with Crippen LogP contribution < -0.4 is 0 Å². The molecule has 0 amide bonds. The Balaban J connectivity index is 1.76. The van der Waals surface area contributed by atoms with E-state index in [4.69, 9.17) is 4.74 Å². The van der Waals surface area contributed by atoms with Crippen molar-refractivity contribution in [3.8, 4) is 0 Å². The van der Waals surface area contributed by atoms with Crippen LogP contribution in [0.2, 0.25) is 0 Å². The molecule has 0 unspecified atom stereocenters. The van der Waals surface area contributed by atoms with Gasteiger partial charge >= 0.3 is 5.97 Å². The maximum atomic E-state index is 12.5. The number of hydrogen-bond donors (Lipinski definition) is 0. The molecule has 0 fully saturated rings. The summed E-state index contributed by atoms with van der Waals surface area (Å²) >= 11 is 3.25. The van der Waals surface area contributed by atoms with Crippen molar-refractivity contribution < 1.29 is 9.53 Å². The topological polar surface area (TPSA) is 39.2 Å². The molecule has 144 valence electrons. The Morgan fingerprint density at radius 2 is 1.52 bits per heavy atom. The molecular weight excluding hydrogens is 398 g/mol. The number of esters is 1. The van der Waals surface area contributed by atoms with E-state index < -0.39 is 0 Å². The number of fused-ring (bicyclic) bond motifs is 1. The van der Waals surface area contributed by atoms with Crippen molar-refractivity contribution in [2.45, 2.75) is 26.5 Å². The summed E-state index contributed by atoms with van der Waals surface area (Å²) in [4.78, 5) is 21.3. The van der Waals surface area contributed by atoms with Gasteiger partial charge < -0.3 is 4.74 Å².